The van der Waals surface area contributed by atoms with Gasteiger partial charge < -0.3 is 10.2 Å². The number of halogens is 2. The van der Waals surface area contributed by atoms with Crippen LogP contribution in [-0.2, 0) is 10.5 Å². The first-order chi connectivity index (χ1) is 12.6. The highest BCUT2D eigenvalue weighted by Crippen LogP contribution is 2.25. The fourth-order valence-corrected chi connectivity index (χ4v) is 4.38. The summed E-state index contributed by atoms with van der Waals surface area (Å²) in [5.74, 6) is 1.05. The normalized spacial score (nSPS) is 14.3. The second kappa shape index (κ2) is 9.54. The maximum atomic E-state index is 12.1. The molecular weight excluding hydrogens is 387 g/mol. The van der Waals surface area contributed by atoms with Gasteiger partial charge in [0.25, 0.3) is 0 Å². The van der Waals surface area contributed by atoms with Gasteiger partial charge in [0.15, 0.2) is 0 Å². The van der Waals surface area contributed by atoms with Crippen LogP contribution in [0.1, 0.15) is 24.8 Å². The molecule has 1 heterocycles. The van der Waals surface area contributed by atoms with Gasteiger partial charge in [-0.15, -0.1) is 11.8 Å². The summed E-state index contributed by atoms with van der Waals surface area (Å²) >= 11 is 13.6. The van der Waals surface area contributed by atoms with E-state index < -0.39 is 0 Å². The molecule has 1 fully saturated rings. The molecule has 138 valence electrons. The van der Waals surface area contributed by atoms with Crippen LogP contribution in [0.25, 0.3) is 0 Å². The number of carbonyl (C=O) groups excluding carboxylic acids is 1. The third kappa shape index (κ3) is 5.57. The van der Waals surface area contributed by atoms with Crippen LogP contribution in [0.2, 0.25) is 10.0 Å². The van der Waals surface area contributed by atoms with Crippen LogP contribution < -0.4 is 10.2 Å². The lowest BCUT2D eigenvalue weighted by atomic mass is 10.1. The summed E-state index contributed by atoms with van der Waals surface area (Å²) in [7, 11) is 0. The summed E-state index contributed by atoms with van der Waals surface area (Å²) in [5, 5.41) is 4.21. The highest BCUT2D eigenvalue weighted by atomic mass is 35.5. The van der Waals surface area contributed by atoms with Crippen LogP contribution in [0, 0.1) is 0 Å². The van der Waals surface area contributed by atoms with E-state index in [0.29, 0.717) is 21.6 Å². The van der Waals surface area contributed by atoms with Crippen LogP contribution in [0.3, 0.4) is 0 Å². The molecule has 1 aliphatic rings. The van der Waals surface area contributed by atoms with Crippen molar-refractivity contribution in [2.24, 2.45) is 0 Å². The zero-order valence-electron chi connectivity index (χ0n) is 14.5. The molecule has 2 aromatic carbocycles. The van der Waals surface area contributed by atoms with Gasteiger partial charge in [0, 0.05) is 40.3 Å². The minimum atomic E-state index is -0.00851. The van der Waals surface area contributed by atoms with Crippen molar-refractivity contribution < 1.29 is 4.79 Å². The molecule has 0 bridgehead atoms. The maximum absolute atomic E-state index is 12.1. The average molecular weight is 409 g/mol. The van der Waals surface area contributed by atoms with Gasteiger partial charge in [0.2, 0.25) is 5.91 Å². The van der Waals surface area contributed by atoms with Crippen LogP contribution in [0.4, 0.5) is 11.4 Å². The van der Waals surface area contributed by atoms with Gasteiger partial charge in [-0.25, -0.2) is 0 Å². The number of hydrogen-bond acceptors (Lipinski definition) is 3. The van der Waals surface area contributed by atoms with Crippen molar-refractivity contribution in [3.05, 3.63) is 58.1 Å². The predicted octanol–water partition coefficient (Wildman–Crippen LogP) is 5.86. The van der Waals surface area contributed by atoms with E-state index in [1.807, 2.05) is 24.3 Å². The number of rotatable bonds is 6. The number of anilines is 2. The molecule has 0 aromatic heterocycles. The number of hydrogen-bond donors (Lipinski definition) is 1. The summed E-state index contributed by atoms with van der Waals surface area (Å²) in [6.45, 7) is 2.24. The van der Waals surface area contributed by atoms with Gasteiger partial charge in [0.1, 0.15) is 0 Å². The highest BCUT2D eigenvalue weighted by molar-refractivity contribution is 7.99. The number of amides is 1. The van der Waals surface area contributed by atoms with Gasteiger partial charge in [-0.2, -0.15) is 0 Å². The molecule has 0 radical (unpaired) electrons. The molecule has 2 aromatic rings. The Morgan fingerprint density at radius 2 is 1.77 bits per heavy atom. The number of nitrogens with zero attached hydrogens (tertiary/aromatic N) is 1. The molecule has 6 heteroatoms. The van der Waals surface area contributed by atoms with Gasteiger partial charge in [-0.3, -0.25) is 4.79 Å². The fourth-order valence-electron chi connectivity index (χ4n) is 3.00. The minimum Gasteiger partial charge on any atom is -0.372 e. The number of benzene rings is 2. The molecule has 0 atom stereocenters. The summed E-state index contributed by atoms with van der Waals surface area (Å²) in [6, 6.07) is 13.6. The molecule has 0 unspecified atom stereocenters. The molecule has 1 amide bonds. The third-order valence-electron chi connectivity index (χ3n) is 4.38. The van der Waals surface area contributed by atoms with Crippen molar-refractivity contribution in [3.8, 4) is 0 Å². The lowest BCUT2D eigenvalue weighted by Gasteiger charge is -2.28. The van der Waals surface area contributed by atoms with Gasteiger partial charge in [-0.05, 0) is 61.2 Å². The monoisotopic (exact) mass is 408 g/mol. The van der Waals surface area contributed by atoms with Crippen molar-refractivity contribution in [2.75, 3.05) is 29.1 Å². The molecule has 1 saturated heterocycles. The smallest absolute Gasteiger partial charge is 0.234 e. The summed E-state index contributed by atoms with van der Waals surface area (Å²) in [6.07, 6.45) is 3.84. The first-order valence-corrected chi connectivity index (χ1v) is 10.7. The van der Waals surface area contributed by atoms with E-state index in [1.165, 1.54) is 36.7 Å². The van der Waals surface area contributed by atoms with E-state index in [2.05, 4.69) is 22.3 Å². The van der Waals surface area contributed by atoms with Crippen molar-refractivity contribution in [1.29, 1.82) is 0 Å². The minimum absolute atomic E-state index is 0.00851. The second-order valence-corrected chi connectivity index (χ2v) is 8.20. The van der Waals surface area contributed by atoms with Crippen LogP contribution >= 0.6 is 35.0 Å². The quantitative estimate of drug-likeness (QED) is 0.649. The van der Waals surface area contributed by atoms with Crippen molar-refractivity contribution in [3.63, 3.8) is 0 Å². The van der Waals surface area contributed by atoms with Crippen molar-refractivity contribution in [2.45, 2.75) is 25.0 Å². The van der Waals surface area contributed by atoms with Gasteiger partial charge in [0.05, 0.1) is 5.75 Å². The SMILES string of the molecule is O=C(CSCc1ccc(Cl)cc1Cl)Nc1ccc(N2CCCCC2)cc1. The molecule has 1 N–H and O–H groups in total. The Kier molecular flexibility index (Phi) is 7.12. The zero-order chi connectivity index (χ0) is 18.4. The van der Waals surface area contributed by atoms with Crippen molar-refractivity contribution in [1.82, 2.24) is 0 Å². The van der Waals surface area contributed by atoms with Crippen LogP contribution in [0.15, 0.2) is 42.5 Å². The standard InChI is InChI=1S/C20H22Cl2N2OS/c21-16-5-4-15(19(22)12-16)13-26-14-20(25)23-17-6-8-18(9-7-17)24-10-2-1-3-11-24/h4-9,12H,1-3,10-11,13-14H2,(H,23,25). The lowest BCUT2D eigenvalue weighted by molar-refractivity contribution is -0.113. The number of nitrogens with one attached hydrogen (secondary N) is 1. The van der Waals surface area contributed by atoms with Gasteiger partial charge >= 0.3 is 0 Å². The largest absolute Gasteiger partial charge is 0.372 e. The van der Waals surface area contributed by atoms with E-state index in [9.17, 15) is 4.79 Å². The molecular formula is C20H22Cl2N2OS. The van der Waals surface area contributed by atoms with Gasteiger partial charge in [-0.1, -0.05) is 29.3 Å². The van der Waals surface area contributed by atoms with E-state index in [0.717, 1.165) is 24.3 Å². The van der Waals surface area contributed by atoms with Crippen LogP contribution in [-0.4, -0.2) is 24.7 Å². The zero-order valence-corrected chi connectivity index (χ0v) is 16.8. The van der Waals surface area contributed by atoms with E-state index in [4.69, 9.17) is 23.2 Å². The number of thioether (sulfide) groups is 1. The number of carbonyl (C=O) groups is 1. The predicted molar refractivity (Wildman–Crippen MR) is 114 cm³/mol. The second-order valence-electron chi connectivity index (χ2n) is 6.37. The topological polar surface area (TPSA) is 32.3 Å². The fraction of sp³-hybridized carbons (Fsp3) is 0.350. The molecule has 0 saturated carbocycles. The maximum Gasteiger partial charge on any atom is 0.234 e. The Morgan fingerprint density at radius 1 is 1.04 bits per heavy atom. The third-order valence-corrected chi connectivity index (χ3v) is 5.95. The Balaban J connectivity index is 1.45. The lowest BCUT2D eigenvalue weighted by Crippen LogP contribution is -2.29. The first kappa shape index (κ1) is 19.4. The Morgan fingerprint density at radius 3 is 2.46 bits per heavy atom. The highest BCUT2D eigenvalue weighted by Gasteiger charge is 2.11. The Labute approximate surface area is 169 Å². The molecule has 3 rings (SSSR count). The molecule has 0 spiro atoms. The summed E-state index contributed by atoms with van der Waals surface area (Å²) in [4.78, 5) is 14.5. The van der Waals surface area contributed by atoms with E-state index in [1.54, 1.807) is 6.07 Å². The van der Waals surface area contributed by atoms with Crippen molar-refractivity contribution >= 4 is 52.2 Å². The molecule has 0 aliphatic carbocycles. The summed E-state index contributed by atoms with van der Waals surface area (Å²) in [5.41, 5.74) is 3.05. The number of piperidine rings is 1. The van der Waals surface area contributed by atoms with E-state index >= 15 is 0 Å². The summed E-state index contributed by atoms with van der Waals surface area (Å²) < 4.78 is 0. The Bertz CT molecular complexity index is 746. The first-order valence-electron chi connectivity index (χ1n) is 8.78. The van der Waals surface area contributed by atoms with E-state index in [-0.39, 0.29) is 5.91 Å². The molecule has 26 heavy (non-hydrogen) atoms. The van der Waals surface area contributed by atoms with Crippen LogP contribution in [0.5, 0.6) is 0 Å². The molecule has 3 nitrogen and oxygen atoms in total. The average Bonchev–Trinajstić information content (AvgIpc) is 2.65. The molecule has 1 aliphatic heterocycles. The Hall–Kier alpha value is -1.36.